The Morgan fingerprint density at radius 2 is 1.69 bits per heavy atom. The fraction of sp³-hybridized carbons (Fsp3) is 0.350. The zero-order valence-corrected chi connectivity index (χ0v) is 17.3. The SMILES string of the molecule is CC(C)(C)c1ccc(OCC(=O)NNS(=O)(=O)c2ccc3c(c2)OCCO3)cc1. The summed E-state index contributed by atoms with van der Waals surface area (Å²) in [6.45, 7) is 6.72. The van der Waals surface area contributed by atoms with Gasteiger partial charge in [-0.15, -0.1) is 4.83 Å². The summed E-state index contributed by atoms with van der Waals surface area (Å²) in [5, 5.41) is 0. The molecule has 1 amide bonds. The molecule has 2 N–H and O–H groups in total. The zero-order chi connectivity index (χ0) is 21.1. The number of fused-ring (bicyclic) bond motifs is 1. The number of sulfonamides is 1. The van der Waals surface area contributed by atoms with Gasteiger partial charge in [-0.2, -0.15) is 0 Å². The van der Waals surface area contributed by atoms with Crippen molar-refractivity contribution in [2.24, 2.45) is 0 Å². The Labute approximate surface area is 170 Å². The molecule has 1 aliphatic heterocycles. The normalized spacial score (nSPS) is 13.6. The molecule has 0 aromatic heterocycles. The number of hydrogen-bond donors (Lipinski definition) is 2. The lowest BCUT2D eigenvalue weighted by molar-refractivity contribution is -0.123. The first-order valence-corrected chi connectivity index (χ1v) is 10.6. The monoisotopic (exact) mass is 420 g/mol. The molecule has 1 aliphatic rings. The topological polar surface area (TPSA) is 103 Å². The molecule has 0 bridgehead atoms. The Morgan fingerprint density at radius 3 is 2.34 bits per heavy atom. The number of hydrazine groups is 1. The molecule has 8 nitrogen and oxygen atoms in total. The molecule has 9 heteroatoms. The molecule has 0 spiro atoms. The minimum absolute atomic E-state index is 0.0159. The van der Waals surface area contributed by atoms with Crippen molar-refractivity contribution in [1.29, 1.82) is 0 Å². The average molecular weight is 420 g/mol. The van der Waals surface area contributed by atoms with Crippen LogP contribution in [0.5, 0.6) is 17.2 Å². The minimum atomic E-state index is -3.97. The number of nitrogens with one attached hydrogen (secondary N) is 2. The fourth-order valence-electron chi connectivity index (χ4n) is 2.61. The molecule has 0 saturated carbocycles. The number of ether oxygens (including phenoxy) is 3. The van der Waals surface area contributed by atoms with Crippen molar-refractivity contribution in [3.8, 4) is 17.2 Å². The van der Waals surface area contributed by atoms with E-state index in [4.69, 9.17) is 14.2 Å². The Bertz CT molecular complexity index is 981. The van der Waals surface area contributed by atoms with Crippen LogP contribution in [0.4, 0.5) is 0 Å². The van der Waals surface area contributed by atoms with E-state index in [0.717, 1.165) is 5.56 Å². The van der Waals surface area contributed by atoms with Crippen molar-refractivity contribution < 1.29 is 27.4 Å². The summed E-state index contributed by atoms with van der Waals surface area (Å²) in [5.41, 5.74) is 3.29. The van der Waals surface area contributed by atoms with Crippen molar-refractivity contribution in [2.75, 3.05) is 19.8 Å². The lowest BCUT2D eigenvalue weighted by Crippen LogP contribution is -2.43. The van der Waals surface area contributed by atoms with Gasteiger partial charge in [0.2, 0.25) is 0 Å². The van der Waals surface area contributed by atoms with E-state index >= 15 is 0 Å². The van der Waals surface area contributed by atoms with Crippen LogP contribution in [-0.4, -0.2) is 34.1 Å². The quantitative estimate of drug-likeness (QED) is 0.694. The highest BCUT2D eigenvalue weighted by atomic mass is 32.2. The Kier molecular flexibility index (Phi) is 5.99. The standard InChI is InChI=1S/C20H24N2O6S/c1-20(2,3)14-4-6-15(7-5-14)28-13-19(23)21-22-29(24,25)16-8-9-17-18(12-16)27-11-10-26-17/h4-9,12,22H,10-11,13H2,1-3H3,(H,21,23). The maximum absolute atomic E-state index is 12.4. The zero-order valence-electron chi connectivity index (χ0n) is 16.5. The Balaban J connectivity index is 1.53. The van der Waals surface area contributed by atoms with Gasteiger partial charge in [-0.25, -0.2) is 8.42 Å². The molecule has 0 aliphatic carbocycles. The first kappa shape index (κ1) is 20.9. The summed E-state index contributed by atoms with van der Waals surface area (Å²) in [5.74, 6) is 0.700. The van der Waals surface area contributed by atoms with E-state index < -0.39 is 15.9 Å². The van der Waals surface area contributed by atoms with Gasteiger partial charge >= 0.3 is 0 Å². The van der Waals surface area contributed by atoms with E-state index in [9.17, 15) is 13.2 Å². The van der Waals surface area contributed by atoms with Crippen LogP contribution in [-0.2, 0) is 20.2 Å². The van der Waals surface area contributed by atoms with Gasteiger partial charge in [0.15, 0.2) is 18.1 Å². The fourth-order valence-corrected chi connectivity index (χ4v) is 3.49. The molecule has 0 unspecified atom stereocenters. The summed E-state index contributed by atoms with van der Waals surface area (Å²) in [6.07, 6.45) is 0. The van der Waals surface area contributed by atoms with Crippen molar-refractivity contribution in [1.82, 2.24) is 10.3 Å². The van der Waals surface area contributed by atoms with Crippen molar-refractivity contribution in [3.63, 3.8) is 0 Å². The predicted octanol–water partition coefficient (Wildman–Crippen LogP) is 2.14. The van der Waals surface area contributed by atoms with Crippen LogP contribution >= 0.6 is 0 Å². The van der Waals surface area contributed by atoms with Gasteiger partial charge in [-0.3, -0.25) is 10.2 Å². The number of benzene rings is 2. The van der Waals surface area contributed by atoms with Crippen molar-refractivity contribution >= 4 is 15.9 Å². The second-order valence-corrected chi connectivity index (χ2v) is 9.20. The number of hydrogen-bond acceptors (Lipinski definition) is 6. The smallest absolute Gasteiger partial charge is 0.272 e. The molecule has 2 aromatic rings. The van der Waals surface area contributed by atoms with E-state index in [0.29, 0.717) is 30.5 Å². The Hall–Kier alpha value is -2.78. The van der Waals surface area contributed by atoms with Gasteiger partial charge in [0.25, 0.3) is 15.9 Å². The molecular weight excluding hydrogens is 396 g/mol. The number of rotatable bonds is 6. The summed E-state index contributed by atoms with van der Waals surface area (Å²) in [4.78, 5) is 13.9. The maximum Gasteiger partial charge on any atom is 0.272 e. The highest BCUT2D eigenvalue weighted by molar-refractivity contribution is 7.89. The summed E-state index contributed by atoms with van der Waals surface area (Å²) in [7, 11) is -3.97. The molecule has 156 valence electrons. The van der Waals surface area contributed by atoms with Crippen LogP contribution in [0.3, 0.4) is 0 Å². The van der Waals surface area contributed by atoms with Gasteiger partial charge in [0.05, 0.1) is 4.90 Å². The van der Waals surface area contributed by atoms with Crippen LogP contribution in [0.25, 0.3) is 0 Å². The molecule has 0 atom stereocenters. The number of carbonyl (C=O) groups is 1. The van der Waals surface area contributed by atoms with Crippen LogP contribution in [0.15, 0.2) is 47.4 Å². The highest BCUT2D eigenvalue weighted by Gasteiger charge is 2.20. The second-order valence-electron chi connectivity index (χ2n) is 7.52. The van der Waals surface area contributed by atoms with Gasteiger partial charge < -0.3 is 14.2 Å². The van der Waals surface area contributed by atoms with Crippen LogP contribution in [0.1, 0.15) is 26.3 Å². The van der Waals surface area contributed by atoms with Gasteiger partial charge in [0.1, 0.15) is 19.0 Å². The third kappa shape index (κ3) is 5.39. The molecule has 0 saturated heterocycles. The predicted molar refractivity (Wildman–Crippen MR) is 107 cm³/mol. The molecule has 1 heterocycles. The lowest BCUT2D eigenvalue weighted by atomic mass is 9.87. The maximum atomic E-state index is 12.4. The first-order chi connectivity index (χ1) is 13.6. The summed E-state index contributed by atoms with van der Waals surface area (Å²) in [6, 6.07) is 11.6. The summed E-state index contributed by atoms with van der Waals surface area (Å²) >= 11 is 0. The second kappa shape index (κ2) is 8.30. The summed E-state index contributed by atoms with van der Waals surface area (Å²) < 4.78 is 40.9. The van der Waals surface area contributed by atoms with E-state index in [1.165, 1.54) is 18.2 Å². The van der Waals surface area contributed by atoms with E-state index in [1.54, 1.807) is 12.1 Å². The third-order valence-electron chi connectivity index (χ3n) is 4.24. The minimum Gasteiger partial charge on any atom is -0.486 e. The van der Waals surface area contributed by atoms with E-state index in [2.05, 4.69) is 26.2 Å². The molecule has 3 rings (SSSR count). The van der Waals surface area contributed by atoms with Crippen LogP contribution in [0.2, 0.25) is 0 Å². The van der Waals surface area contributed by atoms with Crippen LogP contribution < -0.4 is 24.5 Å². The Morgan fingerprint density at radius 1 is 1.03 bits per heavy atom. The van der Waals surface area contributed by atoms with E-state index in [1.807, 2.05) is 17.0 Å². The van der Waals surface area contributed by atoms with Gasteiger partial charge in [-0.05, 0) is 35.2 Å². The van der Waals surface area contributed by atoms with Gasteiger partial charge in [-0.1, -0.05) is 32.9 Å². The van der Waals surface area contributed by atoms with E-state index in [-0.39, 0.29) is 16.9 Å². The van der Waals surface area contributed by atoms with Crippen molar-refractivity contribution in [2.45, 2.75) is 31.1 Å². The number of carbonyl (C=O) groups excluding carboxylic acids is 1. The molecule has 0 fully saturated rings. The first-order valence-electron chi connectivity index (χ1n) is 9.09. The van der Waals surface area contributed by atoms with Crippen molar-refractivity contribution in [3.05, 3.63) is 48.0 Å². The molecular formula is C20H24N2O6S. The lowest BCUT2D eigenvalue weighted by Gasteiger charge is -2.19. The third-order valence-corrected chi connectivity index (χ3v) is 5.48. The molecule has 29 heavy (non-hydrogen) atoms. The van der Waals surface area contributed by atoms with Crippen LogP contribution in [0, 0.1) is 0 Å². The van der Waals surface area contributed by atoms with Gasteiger partial charge in [0, 0.05) is 6.07 Å². The largest absolute Gasteiger partial charge is 0.486 e. The number of amides is 1. The molecule has 0 radical (unpaired) electrons. The molecule has 2 aromatic carbocycles. The highest BCUT2D eigenvalue weighted by Crippen LogP contribution is 2.32. The average Bonchev–Trinajstić information content (AvgIpc) is 2.70.